The minimum atomic E-state index is -3.74. The number of amides is 2. The van der Waals surface area contributed by atoms with Gasteiger partial charge in [-0.2, -0.15) is 0 Å². The maximum Gasteiger partial charge on any atom is 0.251 e. The van der Waals surface area contributed by atoms with Crippen LogP contribution < -0.4 is 10.6 Å². The quantitative estimate of drug-likeness (QED) is 0.280. The van der Waals surface area contributed by atoms with E-state index in [1.807, 2.05) is 32.1 Å². The lowest BCUT2D eigenvalue weighted by Gasteiger charge is -2.30. The maximum absolute atomic E-state index is 13.3. The monoisotopic (exact) mass is 563 g/mol. The smallest absolute Gasteiger partial charge is 0.251 e. The number of rotatable bonds is 13. The van der Waals surface area contributed by atoms with Gasteiger partial charge in [0.25, 0.3) is 5.91 Å². The molecular weight excluding hydrogens is 525 g/mol. The van der Waals surface area contributed by atoms with Crippen LogP contribution in [0.5, 0.6) is 0 Å². The normalized spacial score (nSPS) is 22.4. The molecule has 1 aliphatic carbocycles. The molecule has 2 amide bonds. The van der Waals surface area contributed by atoms with Crippen LogP contribution in [0.4, 0.5) is 4.39 Å². The van der Waals surface area contributed by atoms with Crippen molar-refractivity contribution in [3.63, 3.8) is 0 Å². The van der Waals surface area contributed by atoms with Crippen molar-refractivity contribution in [3.05, 3.63) is 71.8 Å². The van der Waals surface area contributed by atoms with E-state index < -0.39 is 39.3 Å². The Labute approximate surface area is 230 Å². The van der Waals surface area contributed by atoms with E-state index in [9.17, 15) is 22.4 Å². The van der Waals surface area contributed by atoms with E-state index in [1.165, 1.54) is 17.0 Å². The maximum atomic E-state index is 13.3. The number of hydrogen-bond acceptors (Lipinski definition) is 7. The third-order valence-electron chi connectivity index (χ3n) is 7.06. The molecule has 1 heterocycles. The van der Waals surface area contributed by atoms with Gasteiger partial charge < -0.3 is 25.0 Å². The van der Waals surface area contributed by atoms with E-state index >= 15 is 0 Å². The summed E-state index contributed by atoms with van der Waals surface area (Å²) in [7, 11) is -2.14. The summed E-state index contributed by atoms with van der Waals surface area (Å²) in [6.45, 7) is 9.50. The van der Waals surface area contributed by atoms with Crippen molar-refractivity contribution >= 4 is 21.7 Å². The van der Waals surface area contributed by atoms with E-state index in [2.05, 4.69) is 17.2 Å². The summed E-state index contributed by atoms with van der Waals surface area (Å²) in [6.07, 6.45) is 6.41. The number of carbonyl (C=O) groups excluding carboxylic acids is 2. The number of carbonyl (C=O) groups is 2. The second kappa shape index (κ2) is 13.4. The highest BCUT2D eigenvalue weighted by Crippen LogP contribution is 2.47. The molecule has 1 aromatic carbocycles. The van der Waals surface area contributed by atoms with Gasteiger partial charge in [0, 0.05) is 36.7 Å². The number of sulfone groups is 1. The fraction of sp³-hybridized carbons (Fsp3) is 0.500. The van der Waals surface area contributed by atoms with Crippen molar-refractivity contribution in [2.24, 2.45) is 5.92 Å². The standard InChI is InChI=1S/C28H38FN3O6S/c1-5-23(37-4)11-6-20(2)24-18-28(24,3)30-12-17-39(35,36)19-25(27(34)32-13-15-38-16-14-32)31-26(33)21-7-9-22(29)10-8-21/h5-11,24-25,30H,2,12-19H2,1,3-4H3,(H,31,33)/b11-6-,23-5+/t24-,25-,28?/m0/s1. The molecule has 0 radical (unpaired) electrons. The Morgan fingerprint density at radius 3 is 2.54 bits per heavy atom. The SMILES string of the molecule is C=C(/C=C\C(=C/C)OC)[C@@H]1CC1(C)NCCS(=O)(=O)C[C@H](NC(=O)c1ccc(F)cc1)C(=O)N1CCOCC1. The summed E-state index contributed by atoms with van der Waals surface area (Å²) in [4.78, 5) is 27.5. The average molecular weight is 564 g/mol. The molecule has 2 N–H and O–H groups in total. The molecule has 1 saturated heterocycles. The lowest BCUT2D eigenvalue weighted by atomic mass is 10.1. The van der Waals surface area contributed by atoms with Gasteiger partial charge in [0.1, 0.15) is 17.6 Å². The van der Waals surface area contributed by atoms with Crippen LogP contribution in [0.1, 0.15) is 30.6 Å². The Morgan fingerprint density at radius 1 is 1.26 bits per heavy atom. The number of methoxy groups -OCH3 is 1. The van der Waals surface area contributed by atoms with Gasteiger partial charge >= 0.3 is 0 Å². The fourth-order valence-electron chi connectivity index (χ4n) is 4.54. The van der Waals surface area contributed by atoms with E-state index in [1.54, 1.807) is 7.11 Å². The average Bonchev–Trinajstić information content (AvgIpc) is 3.59. The van der Waals surface area contributed by atoms with Crippen LogP contribution in [0.25, 0.3) is 0 Å². The van der Waals surface area contributed by atoms with Gasteiger partial charge in [-0.25, -0.2) is 12.8 Å². The van der Waals surface area contributed by atoms with Crippen LogP contribution in [0.2, 0.25) is 0 Å². The van der Waals surface area contributed by atoms with E-state index in [0.29, 0.717) is 26.3 Å². The van der Waals surface area contributed by atoms with Crippen molar-refractivity contribution in [3.8, 4) is 0 Å². The molecule has 1 unspecified atom stereocenters. The molecule has 0 bridgehead atoms. The fourth-order valence-corrected chi connectivity index (χ4v) is 5.85. The van der Waals surface area contributed by atoms with E-state index in [0.717, 1.165) is 29.9 Å². The van der Waals surface area contributed by atoms with Gasteiger partial charge in [-0.05, 0) is 56.7 Å². The highest BCUT2D eigenvalue weighted by atomic mass is 32.2. The Balaban J connectivity index is 1.60. The predicted molar refractivity (Wildman–Crippen MR) is 147 cm³/mol. The zero-order chi connectivity index (χ0) is 28.6. The first-order valence-corrected chi connectivity index (χ1v) is 14.8. The van der Waals surface area contributed by atoms with Crippen LogP contribution in [0.15, 0.2) is 60.4 Å². The van der Waals surface area contributed by atoms with Gasteiger partial charge in [-0.15, -0.1) is 0 Å². The van der Waals surface area contributed by atoms with Gasteiger partial charge in [-0.3, -0.25) is 9.59 Å². The molecule has 39 heavy (non-hydrogen) atoms. The van der Waals surface area contributed by atoms with Crippen LogP contribution in [0, 0.1) is 11.7 Å². The van der Waals surface area contributed by atoms with Crippen molar-refractivity contribution in [2.45, 2.75) is 31.8 Å². The first kappa shape index (κ1) is 30.5. The van der Waals surface area contributed by atoms with Gasteiger partial charge in [-0.1, -0.05) is 18.2 Å². The molecule has 9 nitrogen and oxygen atoms in total. The number of nitrogens with zero attached hydrogens (tertiary/aromatic N) is 1. The van der Waals surface area contributed by atoms with Gasteiger partial charge in [0.2, 0.25) is 5.91 Å². The molecule has 2 aliphatic rings. The minimum Gasteiger partial charge on any atom is -0.497 e. The van der Waals surface area contributed by atoms with Crippen LogP contribution in [0.3, 0.4) is 0 Å². The number of ether oxygens (including phenoxy) is 2. The number of halogens is 1. The number of allylic oxidation sites excluding steroid dienone is 3. The molecule has 0 aromatic heterocycles. The predicted octanol–water partition coefficient (Wildman–Crippen LogP) is 2.23. The molecule has 1 aromatic rings. The summed E-state index contributed by atoms with van der Waals surface area (Å²) in [5, 5.41) is 5.87. The molecule has 214 valence electrons. The van der Waals surface area contributed by atoms with Crippen molar-refractivity contribution in [1.29, 1.82) is 0 Å². The highest BCUT2D eigenvalue weighted by molar-refractivity contribution is 7.91. The third kappa shape index (κ3) is 8.74. The lowest BCUT2D eigenvalue weighted by molar-refractivity contribution is -0.136. The largest absolute Gasteiger partial charge is 0.497 e. The summed E-state index contributed by atoms with van der Waals surface area (Å²) in [5.74, 6) is -1.50. The first-order valence-electron chi connectivity index (χ1n) is 12.9. The number of hydrogen-bond donors (Lipinski definition) is 2. The zero-order valence-corrected chi connectivity index (χ0v) is 23.6. The summed E-state index contributed by atoms with van der Waals surface area (Å²) in [5.41, 5.74) is 0.771. The molecular formula is C28H38FN3O6S. The highest BCUT2D eigenvalue weighted by Gasteiger charge is 2.50. The zero-order valence-electron chi connectivity index (χ0n) is 22.7. The lowest BCUT2D eigenvalue weighted by Crippen LogP contribution is -2.54. The van der Waals surface area contributed by atoms with Crippen molar-refractivity contribution in [2.75, 3.05) is 51.5 Å². The molecule has 1 saturated carbocycles. The molecule has 3 rings (SSSR count). The molecule has 1 aliphatic heterocycles. The molecule has 2 fully saturated rings. The molecule has 11 heteroatoms. The van der Waals surface area contributed by atoms with Crippen LogP contribution in [-0.4, -0.2) is 88.2 Å². The van der Waals surface area contributed by atoms with E-state index in [4.69, 9.17) is 9.47 Å². The van der Waals surface area contributed by atoms with Crippen molar-refractivity contribution in [1.82, 2.24) is 15.5 Å². The second-order valence-corrected chi connectivity index (χ2v) is 12.2. The number of morpholine rings is 1. The third-order valence-corrected chi connectivity index (χ3v) is 8.73. The van der Waals surface area contributed by atoms with Crippen LogP contribution >= 0.6 is 0 Å². The molecule has 3 atom stereocenters. The van der Waals surface area contributed by atoms with Gasteiger partial charge in [0.05, 0.1) is 31.8 Å². The summed E-state index contributed by atoms with van der Waals surface area (Å²) >= 11 is 0. The Hall–Kier alpha value is -3.02. The number of nitrogens with one attached hydrogen (secondary N) is 2. The summed E-state index contributed by atoms with van der Waals surface area (Å²) < 4.78 is 49.9. The summed E-state index contributed by atoms with van der Waals surface area (Å²) in [6, 6.07) is 3.54. The van der Waals surface area contributed by atoms with Crippen molar-refractivity contribution < 1.29 is 31.9 Å². The van der Waals surface area contributed by atoms with Gasteiger partial charge in [0.15, 0.2) is 9.84 Å². The van der Waals surface area contributed by atoms with Crippen LogP contribution in [-0.2, 0) is 24.1 Å². The second-order valence-electron chi connectivity index (χ2n) is 9.99. The Bertz CT molecular complexity index is 1210. The Morgan fingerprint density at radius 2 is 1.92 bits per heavy atom. The number of benzene rings is 1. The first-order chi connectivity index (χ1) is 18.5. The topological polar surface area (TPSA) is 114 Å². The Kier molecular flexibility index (Phi) is 10.5. The molecule has 0 spiro atoms. The van der Waals surface area contributed by atoms with E-state index in [-0.39, 0.29) is 29.3 Å². The minimum absolute atomic E-state index is 0.129.